The monoisotopic (exact) mass is 284 g/mol. The van der Waals surface area contributed by atoms with Gasteiger partial charge in [-0.25, -0.2) is 0 Å². The number of hydrogen-bond donors (Lipinski definition) is 1. The van der Waals surface area contributed by atoms with Crippen molar-refractivity contribution < 1.29 is 0 Å². The van der Waals surface area contributed by atoms with Gasteiger partial charge in [-0.1, -0.05) is 0 Å². The number of nitriles is 1. The van der Waals surface area contributed by atoms with Gasteiger partial charge in [0, 0.05) is 31.0 Å². The van der Waals surface area contributed by atoms with Gasteiger partial charge in [-0.3, -0.25) is 10.3 Å². The quantitative estimate of drug-likeness (QED) is 0.869. The summed E-state index contributed by atoms with van der Waals surface area (Å²) >= 11 is 0. The van der Waals surface area contributed by atoms with E-state index in [1.165, 1.54) is 18.4 Å². The topological polar surface area (TPSA) is 52.0 Å². The van der Waals surface area contributed by atoms with Crippen molar-refractivity contribution in [2.24, 2.45) is 0 Å². The van der Waals surface area contributed by atoms with Crippen LogP contribution in [0.25, 0.3) is 0 Å². The second kappa shape index (κ2) is 6.13. The molecule has 3 rings (SSSR count). The van der Waals surface area contributed by atoms with Gasteiger partial charge in [0.15, 0.2) is 0 Å². The number of likely N-dealkylation sites (N-methyl/N-ethyl adjacent to an activating group) is 1. The van der Waals surface area contributed by atoms with E-state index in [9.17, 15) is 5.26 Å². The Bertz CT molecular complexity index is 505. The summed E-state index contributed by atoms with van der Waals surface area (Å²) in [7, 11) is 2.19. The highest BCUT2D eigenvalue weighted by Gasteiger charge is 2.43. The van der Waals surface area contributed by atoms with Gasteiger partial charge >= 0.3 is 0 Å². The van der Waals surface area contributed by atoms with Crippen LogP contribution in [0.3, 0.4) is 0 Å². The highest BCUT2D eigenvalue weighted by Crippen LogP contribution is 2.35. The van der Waals surface area contributed by atoms with E-state index in [2.05, 4.69) is 40.5 Å². The van der Waals surface area contributed by atoms with Crippen LogP contribution in [-0.2, 0) is 6.42 Å². The van der Waals surface area contributed by atoms with Crippen LogP contribution in [-0.4, -0.2) is 41.1 Å². The molecule has 112 valence electrons. The number of nitrogens with zero attached hydrogens (tertiary/aromatic N) is 3. The lowest BCUT2D eigenvalue weighted by atomic mass is 9.99. The molecule has 1 aromatic rings. The standard InChI is InChI=1S/C17H24N4/c1-21(11-7-14-5-9-19-10-6-14)16-4-8-17(12-16,13-18)20-15-2-3-15/h5-6,9-10,15-16,20H,2-4,7-8,11-12H2,1H3. The summed E-state index contributed by atoms with van der Waals surface area (Å²) < 4.78 is 0. The van der Waals surface area contributed by atoms with E-state index in [4.69, 9.17) is 0 Å². The summed E-state index contributed by atoms with van der Waals surface area (Å²) in [4.78, 5) is 6.48. The molecule has 1 aromatic heterocycles. The summed E-state index contributed by atoms with van der Waals surface area (Å²) in [6.07, 6.45) is 10.3. The van der Waals surface area contributed by atoms with Crippen molar-refractivity contribution in [3.63, 3.8) is 0 Å². The number of rotatable bonds is 6. The Balaban J connectivity index is 1.51. The molecule has 0 spiro atoms. The fourth-order valence-corrected chi connectivity index (χ4v) is 3.32. The summed E-state index contributed by atoms with van der Waals surface area (Å²) in [6.45, 7) is 1.04. The summed E-state index contributed by atoms with van der Waals surface area (Å²) in [5.74, 6) is 0. The predicted octanol–water partition coefficient (Wildman–Crippen LogP) is 2.12. The number of pyridine rings is 1. The third-order valence-corrected chi connectivity index (χ3v) is 4.89. The second-order valence-corrected chi connectivity index (χ2v) is 6.60. The maximum Gasteiger partial charge on any atom is 0.108 e. The van der Waals surface area contributed by atoms with Crippen LogP contribution >= 0.6 is 0 Å². The molecular weight excluding hydrogens is 260 g/mol. The summed E-state index contributed by atoms with van der Waals surface area (Å²) in [6, 6.07) is 7.85. The number of nitrogens with one attached hydrogen (secondary N) is 1. The average molecular weight is 284 g/mol. The molecule has 1 heterocycles. The molecule has 0 bridgehead atoms. The minimum atomic E-state index is -0.267. The second-order valence-electron chi connectivity index (χ2n) is 6.60. The predicted molar refractivity (Wildman–Crippen MR) is 82.7 cm³/mol. The van der Waals surface area contributed by atoms with Crippen molar-refractivity contribution in [3.05, 3.63) is 30.1 Å². The van der Waals surface area contributed by atoms with E-state index in [1.807, 2.05) is 12.4 Å². The lowest BCUT2D eigenvalue weighted by Gasteiger charge is -2.27. The van der Waals surface area contributed by atoms with Crippen LogP contribution in [0.2, 0.25) is 0 Å². The van der Waals surface area contributed by atoms with Crippen molar-refractivity contribution in [1.82, 2.24) is 15.2 Å². The van der Waals surface area contributed by atoms with Gasteiger partial charge in [0.1, 0.15) is 5.54 Å². The van der Waals surface area contributed by atoms with Gasteiger partial charge in [-0.2, -0.15) is 5.26 Å². The van der Waals surface area contributed by atoms with Gasteiger partial charge in [-0.05, 0) is 63.3 Å². The van der Waals surface area contributed by atoms with Crippen molar-refractivity contribution in [2.75, 3.05) is 13.6 Å². The molecule has 0 aliphatic heterocycles. The Morgan fingerprint density at radius 1 is 1.38 bits per heavy atom. The molecule has 2 atom stereocenters. The van der Waals surface area contributed by atoms with Crippen LogP contribution in [0, 0.1) is 11.3 Å². The highest BCUT2D eigenvalue weighted by molar-refractivity contribution is 5.16. The molecule has 2 fully saturated rings. The Labute approximate surface area is 127 Å². The van der Waals surface area contributed by atoms with Gasteiger partial charge in [-0.15, -0.1) is 0 Å². The zero-order valence-corrected chi connectivity index (χ0v) is 12.8. The van der Waals surface area contributed by atoms with Gasteiger partial charge in [0.2, 0.25) is 0 Å². The third kappa shape index (κ3) is 3.61. The number of aromatic nitrogens is 1. The molecule has 0 saturated heterocycles. The molecule has 4 heteroatoms. The fraction of sp³-hybridized carbons (Fsp3) is 0.647. The van der Waals surface area contributed by atoms with Crippen LogP contribution in [0.15, 0.2) is 24.5 Å². The molecule has 2 aliphatic carbocycles. The fourth-order valence-electron chi connectivity index (χ4n) is 3.32. The normalized spacial score (nSPS) is 28.7. The maximum atomic E-state index is 9.56. The van der Waals surface area contributed by atoms with E-state index in [-0.39, 0.29) is 5.54 Å². The molecule has 0 amide bonds. The minimum Gasteiger partial charge on any atom is -0.303 e. The zero-order chi connectivity index (χ0) is 14.7. The Morgan fingerprint density at radius 2 is 2.14 bits per heavy atom. The minimum absolute atomic E-state index is 0.267. The molecule has 2 aliphatic rings. The van der Waals surface area contributed by atoms with E-state index < -0.39 is 0 Å². The molecular formula is C17H24N4. The summed E-state index contributed by atoms with van der Waals surface area (Å²) in [5.41, 5.74) is 1.06. The maximum absolute atomic E-state index is 9.56. The van der Waals surface area contributed by atoms with Gasteiger partial charge in [0.05, 0.1) is 6.07 Å². The first-order valence-corrected chi connectivity index (χ1v) is 7.99. The molecule has 0 aromatic carbocycles. The van der Waals surface area contributed by atoms with E-state index in [0.29, 0.717) is 12.1 Å². The average Bonchev–Trinajstić information content (AvgIpc) is 3.23. The first-order chi connectivity index (χ1) is 10.2. The van der Waals surface area contributed by atoms with E-state index in [0.717, 1.165) is 32.2 Å². The lowest BCUT2D eigenvalue weighted by molar-refractivity contribution is 0.238. The molecule has 0 radical (unpaired) electrons. The Hall–Kier alpha value is -1.44. The Morgan fingerprint density at radius 3 is 2.81 bits per heavy atom. The van der Waals surface area contributed by atoms with Crippen molar-refractivity contribution in [1.29, 1.82) is 5.26 Å². The van der Waals surface area contributed by atoms with Gasteiger partial charge < -0.3 is 4.90 Å². The van der Waals surface area contributed by atoms with Crippen LogP contribution in [0.5, 0.6) is 0 Å². The SMILES string of the molecule is CN(CCc1ccncc1)C1CCC(C#N)(NC2CC2)C1. The molecule has 21 heavy (non-hydrogen) atoms. The first-order valence-electron chi connectivity index (χ1n) is 7.99. The van der Waals surface area contributed by atoms with Gasteiger partial charge in [0.25, 0.3) is 0 Å². The smallest absolute Gasteiger partial charge is 0.108 e. The van der Waals surface area contributed by atoms with Crippen LogP contribution in [0.1, 0.15) is 37.7 Å². The third-order valence-electron chi connectivity index (χ3n) is 4.89. The van der Waals surface area contributed by atoms with Crippen molar-refractivity contribution in [2.45, 2.75) is 56.1 Å². The highest BCUT2D eigenvalue weighted by atomic mass is 15.2. The zero-order valence-electron chi connectivity index (χ0n) is 12.8. The lowest BCUT2D eigenvalue weighted by Crippen LogP contribution is -2.44. The van der Waals surface area contributed by atoms with Crippen molar-refractivity contribution in [3.8, 4) is 6.07 Å². The first kappa shape index (κ1) is 14.5. The van der Waals surface area contributed by atoms with E-state index >= 15 is 0 Å². The summed E-state index contributed by atoms with van der Waals surface area (Å²) in [5, 5.41) is 13.1. The largest absolute Gasteiger partial charge is 0.303 e. The van der Waals surface area contributed by atoms with Crippen molar-refractivity contribution >= 4 is 0 Å². The van der Waals surface area contributed by atoms with E-state index in [1.54, 1.807) is 0 Å². The van der Waals surface area contributed by atoms with Crippen LogP contribution in [0.4, 0.5) is 0 Å². The Kier molecular flexibility index (Phi) is 4.23. The molecule has 2 unspecified atom stereocenters. The molecule has 4 nitrogen and oxygen atoms in total. The van der Waals surface area contributed by atoms with Crippen LogP contribution < -0.4 is 5.32 Å². The number of hydrogen-bond acceptors (Lipinski definition) is 4. The molecule has 1 N–H and O–H groups in total. The molecule has 2 saturated carbocycles.